The molecule has 5 heterocycles. The van der Waals surface area contributed by atoms with Crippen molar-refractivity contribution in [2.45, 2.75) is 57.7 Å². The molecule has 4 aromatic rings. The van der Waals surface area contributed by atoms with Gasteiger partial charge in [0.1, 0.15) is 5.65 Å². The summed E-state index contributed by atoms with van der Waals surface area (Å²) >= 11 is 0. The second kappa shape index (κ2) is 9.17. The number of amides is 1. The molecule has 2 aliphatic rings. The molecule has 1 aromatic carbocycles. The SMILES string of the molecule is Cc1ccc(C(=O)N2[C@H]3CC[C@H]2CC(Cc2ccnc4[nH]ccc24)C3)cc1NCc1ccncc1. The molecular weight excluding hydrogens is 434 g/mol. The largest absolute Gasteiger partial charge is 0.381 e. The van der Waals surface area contributed by atoms with Gasteiger partial charge in [-0.2, -0.15) is 0 Å². The highest BCUT2D eigenvalue weighted by Crippen LogP contribution is 2.41. The van der Waals surface area contributed by atoms with Gasteiger partial charge in [-0.15, -0.1) is 0 Å². The number of fused-ring (bicyclic) bond motifs is 3. The maximum atomic E-state index is 13.7. The fourth-order valence-electron chi connectivity index (χ4n) is 6.09. The van der Waals surface area contributed by atoms with E-state index in [1.807, 2.05) is 36.7 Å². The molecule has 2 saturated heterocycles. The molecule has 0 saturated carbocycles. The fourth-order valence-corrected chi connectivity index (χ4v) is 6.09. The summed E-state index contributed by atoms with van der Waals surface area (Å²) < 4.78 is 0. The molecule has 6 nitrogen and oxygen atoms in total. The van der Waals surface area contributed by atoms with Gasteiger partial charge in [0.05, 0.1) is 0 Å². The molecule has 3 aromatic heterocycles. The number of aromatic amines is 1. The van der Waals surface area contributed by atoms with Crippen molar-refractivity contribution in [2.75, 3.05) is 5.32 Å². The Bertz CT molecular complexity index is 1330. The summed E-state index contributed by atoms with van der Waals surface area (Å²) in [5, 5.41) is 4.73. The van der Waals surface area contributed by atoms with Crippen LogP contribution in [0.2, 0.25) is 0 Å². The fraction of sp³-hybridized carbons (Fsp3) is 0.345. The third-order valence-corrected chi connectivity index (χ3v) is 7.84. The van der Waals surface area contributed by atoms with Gasteiger partial charge in [-0.3, -0.25) is 9.78 Å². The molecule has 0 spiro atoms. The summed E-state index contributed by atoms with van der Waals surface area (Å²) in [6, 6.07) is 15.0. The van der Waals surface area contributed by atoms with Crippen LogP contribution in [0, 0.1) is 12.8 Å². The smallest absolute Gasteiger partial charge is 0.254 e. The Balaban J connectivity index is 1.16. The second-order valence-electron chi connectivity index (χ2n) is 10.1. The monoisotopic (exact) mass is 465 g/mol. The van der Waals surface area contributed by atoms with Crippen LogP contribution in [0.1, 0.15) is 52.7 Å². The molecule has 35 heavy (non-hydrogen) atoms. The van der Waals surface area contributed by atoms with Gasteiger partial charge in [0.25, 0.3) is 5.91 Å². The number of rotatable bonds is 6. The highest BCUT2D eigenvalue weighted by Gasteiger charge is 2.43. The zero-order valence-corrected chi connectivity index (χ0v) is 20.1. The number of piperidine rings is 1. The number of carbonyl (C=O) groups excluding carboxylic acids is 1. The number of benzene rings is 1. The molecule has 1 amide bonds. The molecular formula is C29H31N5O. The van der Waals surface area contributed by atoms with Gasteiger partial charge in [-0.25, -0.2) is 4.98 Å². The summed E-state index contributed by atoms with van der Waals surface area (Å²) in [5.74, 6) is 0.785. The van der Waals surface area contributed by atoms with Crippen LogP contribution in [0.15, 0.2) is 67.3 Å². The Morgan fingerprint density at radius 2 is 1.86 bits per heavy atom. The molecule has 2 aliphatic heterocycles. The lowest BCUT2D eigenvalue weighted by molar-refractivity contribution is 0.0525. The molecule has 178 valence electrons. The third-order valence-electron chi connectivity index (χ3n) is 7.84. The number of nitrogens with one attached hydrogen (secondary N) is 2. The maximum absolute atomic E-state index is 13.7. The standard InChI is InChI=1S/C29H31N5O/c1-19-2-3-23(17-27(19)33-18-20-6-10-30-11-7-20)29(35)34-24-4-5-25(34)16-21(15-24)14-22-8-12-31-28-26(22)9-13-32-28/h2-3,6-13,17,21,24-25,33H,4-5,14-16,18H2,1H3,(H,31,32)/t24-,25-/m0/s1. The van der Waals surface area contributed by atoms with Crippen molar-refractivity contribution in [3.63, 3.8) is 0 Å². The van der Waals surface area contributed by atoms with E-state index in [1.54, 1.807) is 12.4 Å². The first-order chi connectivity index (χ1) is 17.2. The van der Waals surface area contributed by atoms with Gasteiger partial charge in [0.2, 0.25) is 0 Å². The molecule has 6 heteroatoms. The maximum Gasteiger partial charge on any atom is 0.254 e. The van der Waals surface area contributed by atoms with Crippen LogP contribution < -0.4 is 5.32 Å². The van der Waals surface area contributed by atoms with Crippen LogP contribution in [0.5, 0.6) is 0 Å². The van der Waals surface area contributed by atoms with E-state index in [2.05, 4.69) is 50.3 Å². The zero-order valence-electron chi connectivity index (χ0n) is 20.1. The first-order valence-electron chi connectivity index (χ1n) is 12.6. The predicted molar refractivity (Wildman–Crippen MR) is 138 cm³/mol. The highest BCUT2D eigenvalue weighted by atomic mass is 16.2. The van der Waals surface area contributed by atoms with E-state index < -0.39 is 0 Å². The van der Waals surface area contributed by atoms with E-state index in [9.17, 15) is 4.79 Å². The van der Waals surface area contributed by atoms with Crippen molar-refractivity contribution in [3.8, 4) is 0 Å². The van der Waals surface area contributed by atoms with Gasteiger partial charge in [0.15, 0.2) is 0 Å². The Labute approximate surface area is 205 Å². The number of H-pyrrole nitrogens is 1. The van der Waals surface area contributed by atoms with Crippen molar-refractivity contribution in [1.29, 1.82) is 0 Å². The number of anilines is 1. The predicted octanol–water partition coefficient (Wildman–Crippen LogP) is 5.50. The van der Waals surface area contributed by atoms with E-state index in [-0.39, 0.29) is 5.91 Å². The van der Waals surface area contributed by atoms with E-state index in [0.29, 0.717) is 24.5 Å². The summed E-state index contributed by atoms with van der Waals surface area (Å²) in [6.45, 7) is 2.79. The van der Waals surface area contributed by atoms with Gasteiger partial charge in [-0.1, -0.05) is 6.07 Å². The summed E-state index contributed by atoms with van der Waals surface area (Å²) in [7, 11) is 0. The second-order valence-corrected chi connectivity index (χ2v) is 10.1. The van der Waals surface area contributed by atoms with Gasteiger partial charge in [0, 0.05) is 60.1 Å². The Hall–Kier alpha value is -3.67. The van der Waals surface area contributed by atoms with Crippen molar-refractivity contribution in [1.82, 2.24) is 19.9 Å². The topological polar surface area (TPSA) is 73.9 Å². The molecule has 6 rings (SSSR count). The Morgan fingerprint density at radius 3 is 2.66 bits per heavy atom. The van der Waals surface area contributed by atoms with Crippen LogP contribution in [-0.2, 0) is 13.0 Å². The third kappa shape index (κ3) is 4.29. The number of aromatic nitrogens is 3. The first kappa shape index (κ1) is 21.8. The van der Waals surface area contributed by atoms with Crippen LogP contribution in [0.25, 0.3) is 11.0 Å². The van der Waals surface area contributed by atoms with E-state index in [0.717, 1.165) is 54.6 Å². The zero-order chi connectivity index (χ0) is 23.8. The van der Waals surface area contributed by atoms with E-state index in [1.165, 1.54) is 16.5 Å². The normalized spacial score (nSPS) is 21.4. The number of pyridine rings is 2. The van der Waals surface area contributed by atoms with Crippen LogP contribution in [0.4, 0.5) is 5.69 Å². The molecule has 0 aliphatic carbocycles. The van der Waals surface area contributed by atoms with Crippen molar-refractivity contribution < 1.29 is 4.79 Å². The first-order valence-corrected chi connectivity index (χ1v) is 12.6. The van der Waals surface area contributed by atoms with Crippen LogP contribution in [0.3, 0.4) is 0 Å². The lowest BCUT2D eigenvalue weighted by Gasteiger charge is -2.39. The molecule has 0 unspecified atom stereocenters. The quantitative estimate of drug-likeness (QED) is 0.394. The number of carbonyl (C=O) groups is 1. The lowest BCUT2D eigenvalue weighted by atomic mass is 9.85. The van der Waals surface area contributed by atoms with Crippen molar-refractivity contribution in [3.05, 3.63) is 89.5 Å². The van der Waals surface area contributed by atoms with Gasteiger partial charge < -0.3 is 15.2 Å². The molecule has 2 N–H and O–H groups in total. The van der Waals surface area contributed by atoms with Gasteiger partial charge >= 0.3 is 0 Å². The molecule has 0 radical (unpaired) electrons. The Morgan fingerprint density at radius 1 is 1.06 bits per heavy atom. The van der Waals surface area contributed by atoms with Crippen molar-refractivity contribution in [2.24, 2.45) is 5.92 Å². The Kier molecular flexibility index (Phi) is 5.72. The summed E-state index contributed by atoms with van der Waals surface area (Å²) in [4.78, 5) is 27.6. The number of aryl methyl sites for hydroxylation is 1. The number of hydrogen-bond donors (Lipinski definition) is 2. The molecule has 2 atom stereocenters. The molecule has 2 bridgehead atoms. The minimum absolute atomic E-state index is 0.180. The average molecular weight is 466 g/mol. The van der Waals surface area contributed by atoms with Gasteiger partial charge in [-0.05, 0) is 98.0 Å². The van der Waals surface area contributed by atoms with E-state index >= 15 is 0 Å². The minimum Gasteiger partial charge on any atom is -0.381 e. The summed E-state index contributed by atoms with van der Waals surface area (Å²) in [6.07, 6.45) is 12.9. The van der Waals surface area contributed by atoms with E-state index in [4.69, 9.17) is 0 Å². The number of hydrogen-bond acceptors (Lipinski definition) is 4. The minimum atomic E-state index is 0.180. The number of nitrogens with zero attached hydrogens (tertiary/aromatic N) is 3. The van der Waals surface area contributed by atoms with Crippen molar-refractivity contribution >= 4 is 22.6 Å². The van der Waals surface area contributed by atoms with Crippen LogP contribution >= 0.6 is 0 Å². The highest BCUT2D eigenvalue weighted by molar-refractivity contribution is 5.96. The summed E-state index contributed by atoms with van der Waals surface area (Å²) in [5.41, 5.74) is 6.44. The average Bonchev–Trinajstić information content (AvgIpc) is 3.47. The molecule has 2 fully saturated rings. The lowest BCUT2D eigenvalue weighted by Crippen LogP contribution is -2.46. The van der Waals surface area contributed by atoms with Crippen LogP contribution in [-0.4, -0.2) is 37.8 Å².